The Balaban J connectivity index is 1.55. The van der Waals surface area contributed by atoms with Gasteiger partial charge in [-0.05, 0) is 30.4 Å². The molecule has 1 atom stereocenters. The highest BCUT2D eigenvalue weighted by molar-refractivity contribution is 5.97. The number of hydrogen-bond donors (Lipinski definition) is 2. The van der Waals surface area contributed by atoms with E-state index in [1.807, 2.05) is 42.6 Å². The summed E-state index contributed by atoms with van der Waals surface area (Å²) in [4.78, 5) is 21.4. The van der Waals surface area contributed by atoms with Crippen LogP contribution in [0.4, 0.5) is 0 Å². The maximum atomic E-state index is 12.3. The van der Waals surface area contributed by atoms with Gasteiger partial charge < -0.3 is 15.6 Å². The first kappa shape index (κ1) is 20.8. The van der Waals surface area contributed by atoms with E-state index in [2.05, 4.69) is 16.0 Å². The SMILES string of the molecule is COc1cc2ncnc(-c3cn(CCO)nc3-c3ccccc3)c2cc1C1C2CC1(C(N)=O)C2. The van der Waals surface area contributed by atoms with Gasteiger partial charge in [-0.3, -0.25) is 9.48 Å². The number of benzene rings is 2. The Morgan fingerprint density at radius 1 is 1.21 bits per heavy atom. The summed E-state index contributed by atoms with van der Waals surface area (Å²) in [5.74, 6) is 0.988. The lowest BCUT2D eigenvalue weighted by Crippen LogP contribution is -2.65. The van der Waals surface area contributed by atoms with Gasteiger partial charge in [0.1, 0.15) is 17.8 Å². The minimum absolute atomic E-state index is 0.0144. The van der Waals surface area contributed by atoms with Gasteiger partial charge in [-0.2, -0.15) is 5.10 Å². The average molecular weight is 456 g/mol. The molecule has 172 valence electrons. The van der Waals surface area contributed by atoms with E-state index in [0.29, 0.717) is 12.5 Å². The second-order valence-electron chi connectivity index (χ2n) is 9.24. The Labute approximate surface area is 196 Å². The van der Waals surface area contributed by atoms with E-state index in [1.54, 1.807) is 18.1 Å². The summed E-state index contributed by atoms with van der Waals surface area (Å²) in [6.07, 6.45) is 5.15. The summed E-state index contributed by atoms with van der Waals surface area (Å²) in [5.41, 5.74) is 10.4. The minimum Gasteiger partial charge on any atom is -0.496 e. The maximum absolute atomic E-state index is 12.3. The predicted octanol–water partition coefficient (Wildman–Crippen LogP) is 3.14. The van der Waals surface area contributed by atoms with E-state index < -0.39 is 5.41 Å². The second kappa shape index (κ2) is 7.63. The molecule has 0 saturated heterocycles. The van der Waals surface area contributed by atoms with E-state index in [1.165, 1.54) is 0 Å². The fourth-order valence-electron chi connectivity index (χ4n) is 5.76. The molecule has 1 unspecified atom stereocenters. The van der Waals surface area contributed by atoms with E-state index in [9.17, 15) is 9.90 Å². The summed E-state index contributed by atoms with van der Waals surface area (Å²) in [6, 6.07) is 13.9. The lowest BCUT2D eigenvalue weighted by molar-refractivity contribution is -0.173. The van der Waals surface area contributed by atoms with Crippen LogP contribution in [0.5, 0.6) is 5.75 Å². The van der Waals surface area contributed by atoms with Crippen molar-refractivity contribution in [2.24, 2.45) is 17.1 Å². The van der Waals surface area contributed by atoms with E-state index in [4.69, 9.17) is 15.6 Å². The molecule has 7 rings (SSSR count). The zero-order valence-electron chi connectivity index (χ0n) is 18.8. The number of nitrogens with two attached hydrogens (primary N) is 1. The zero-order chi connectivity index (χ0) is 23.4. The summed E-state index contributed by atoms with van der Waals surface area (Å²) in [6.45, 7) is 0.367. The molecule has 3 fully saturated rings. The number of aliphatic hydroxyl groups excluding tert-OH is 1. The first-order valence-corrected chi connectivity index (χ1v) is 11.4. The quantitative estimate of drug-likeness (QED) is 0.442. The highest BCUT2D eigenvalue weighted by atomic mass is 16.5. The van der Waals surface area contributed by atoms with Crippen molar-refractivity contribution in [1.82, 2.24) is 19.7 Å². The van der Waals surface area contributed by atoms with Crippen LogP contribution in [-0.4, -0.2) is 44.5 Å². The lowest BCUT2D eigenvalue weighted by atomic mass is 9.36. The van der Waals surface area contributed by atoms with E-state index >= 15 is 0 Å². The van der Waals surface area contributed by atoms with Gasteiger partial charge in [0, 0.05) is 34.7 Å². The Morgan fingerprint density at radius 3 is 2.65 bits per heavy atom. The van der Waals surface area contributed by atoms with Crippen molar-refractivity contribution < 1.29 is 14.6 Å². The first-order chi connectivity index (χ1) is 16.6. The molecule has 2 aromatic carbocycles. The molecular formula is C26H25N5O3. The monoisotopic (exact) mass is 455 g/mol. The van der Waals surface area contributed by atoms with Gasteiger partial charge in [-0.1, -0.05) is 30.3 Å². The lowest BCUT2D eigenvalue weighted by Gasteiger charge is -2.66. The van der Waals surface area contributed by atoms with Crippen LogP contribution in [0, 0.1) is 11.3 Å². The molecule has 3 aliphatic rings. The van der Waals surface area contributed by atoms with Gasteiger partial charge in [0.05, 0.1) is 36.9 Å². The van der Waals surface area contributed by atoms with Crippen LogP contribution in [0.2, 0.25) is 0 Å². The standard InChI is InChI=1S/C26H25N5O3/c1-34-21-10-20-17(9-18(21)22-16-11-26(22,12-16)25(27)33)24(29-14-28-20)19-13-31(7-8-32)30-23(19)15-5-3-2-4-6-15/h2-6,9-10,13-14,16,22,32H,7-8,11-12H2,1H3,(H2,27,33). The Morgan fingerprint density at radius 2 is 2.00 bits per heavy atom. The van der Waals surface area contributed by atoms with Crippen molar-refractivity contribution in [3.05, 3.63) is 60.6 Å². The number of methoxy groups -OCH3 is 1. The number of rotatable bonds is 7. The van der Waals surface area contributed by atoms with Gasteiger partial charge in [0.25, 0.3) is 0 Å². The van der Waals surface area contributed by atoms with Crippen LogP contribution in [0.25, 0.3) is 33.4 Å². The molecule has 34 heavy (non-hydrogen) atoms. The molecule has 3 saturated carbocycles. The van der Waals surface area contributed by atoms with Crippen molar-refractivity contribution in [2.45, 2.75) is 25.3 Å². The molecule has 1 amide bonds. The number of hydrogen-bond acceptors (Lipinski definition) is 6. The molecule has 2 bridgehead atoms. The number of carbonyl (C=O) groups excluding carboxylic acids is 1. The number of aromatic nitrogens is 4. The number of ether oxygens (including phenoxy) is 1. The number of primary amides is 1. The second-order valence-corrected chi connectivity index (χ2v) is 9.24. The van der Waals surface area contributed by atoms with Crippen LogP contribution in [0.3, 0.4) is 0 Å². The molecular weight excluding hydrogens is 430 g/mol. The van der Waals surface area contributed by atoms with Crippen molar-refractivity contribution in [3.63, 3.8) is 0 Å². The molecule has 8 heteroatoms. The van der Waals surface area contributed by atoms with Crippen molar-refractivity contribution >= 4 is 16.8 Å². The Hall–Kier alpha value is -3.78. The van der Waals surface area contributed by atoms with Gasteiger partial charge in [-0.25, -0.2) is 9.97 Å². The van der Waals surface area contributed by atoms with E-state index in [0.717, 1.165) is 57.6 Å². The first-order valence-electron chi connectivity index (χ1n) is 11.4. The van der Waals surface area contributed by atoms with Gasteiger partial charge >= 0.3 is 0 Å². The molecule has 3 N–H and O–H groups in total. The van der Waals surface area contributed by atoms with Crippen LogP contribution in [0.1, 0.15) is 24.3 Å². The Kier molecular flexibility index (Phi) is 4.67. The smallest absolute Gasteiger partial charge is 0.224 e. The van der Waals surface area contributed by atoms with Gasteiger partial charge in [0.15, 0.2) is 0 Å². The third-order valence-electron chi connectivity index (χ3n) is 7.53. The number of aliphatic hydroxyl groups is 1. The van der Waals surface area contributed by atoms with Crippen LogP contribution >= 0.6 is 0 Å². The summed E-state index contributed by atoms with van der Waals surface area (Å²) in [5, 5.41) is 15.1. The van der Waals surface area contributed by atoms with Crippen LogP contribution in [-0.2, 0) is 11.3 Å². The number of carbonyl (C=O) groups is 1. The fourth-order valence-corrected chi connectivity index (χ4v) is 5.76. The largest absolute Gasteiger partial charge is 0.496 e. The number of fused-ring (bicyclic) bond motifs is 1. The number of nitrogens with zero attached hydrogens (tertiary/aromatic N) is 4. The fraction of sp³-hybridized carbons (Fsp3) is 0.308. The predicted molar refractivity (Wildman–Crippen MR) is 127 cm³/mol. The third kappa shape index (κ3) is 2.88. The molecule has 0 aliphatic heterocycles. The van der Waals surface area contributed by atoms with Crippen LogP contribution in [0.15, 0.2) is 55.0 Å². The molecule has 4 aromatic rings. The minimum atomic E-state index is -0.470. The highest BCUT2D eigenvalue weighted by Gasteiger charge is 2.69. The highest BCUT2D eigenvalue weighted by Crippen LogP contribution is 2.73. The Bertz CT molecular complexity index is 1410. The zero-order valence-corrected chi connectivity index (χ0v) is 18.8. The van der Waals surface area contributed by atoms with Gasteiger partial charge in [-0.15, -0.1) is 0 Å². The summed E-state index contributed by atoms with van der Waals surface area (Å²) >= 11 is 0. The number of amides is 1. The third-order valence-corrected chi connectivity index (χ3v) is 7.53. The summed E-state index contributed by atoms with van der Waals surface area (Å²) < 4.78 is 7.46. The van der Waals surface area contributed by atoms with Crippen molar-refractivity contribution in [2.75, 3.05) is 13.7 Å². The molecule has 0 radical (unpaired) electrons. The molecule has 3 aliphatic carbocycles. The van der Waals surface area contributed by atoms with E-state index in [-0.39, 0.29) is 18.4 Å². The summed E-state index contributed by atoms with van der Waals surface area (Å²) in [7, 11) is 1.64. The molecule has 8 nitrogen and oxygen atoms in total. The van der Waals surface area contributed by atoms with Crippen molar-refractivity contribution in [3.8, 4) is 28.3 Å². The van der Waals surface area contributed by atoms with Crippen LogP contribution < -0.4 is 10.5 Å². The average Bonchev–Trinajstić information content (AvgIpc) is 3.21. The molecule has 2 heterocycles. The van der Waals surface area contributed by atoms with Gasteiger partial charge in [0.2, 0.25) is 5.91 Å². The maximum Gasteiger partial charge on any atom is 0.224 e. The topological polar surface area (TPSA) is 116 Å². The molecule has 2 aromatic heterocycles. The van der Waals surface area contributed by atoms with Crippen molar-refractivity contribution in [1.29, 1.82) is 0 Å². The molecule has 0 spiro atoms. The normalized spacial score (nSPS) is 22.8.